The number of rotatable bonds is 7. The summed E-state index contributed by atoms with van der Waals surface area (Å²) >= 11 is 12.6. The predicted molar refractivity (Wildman–Crippen MR) is 148 cm³/mol. The van der Waals surface area contributed by atoms with Crippen LogP contribution in [0.4, 0.5) is 0 Å². The Balaban J connectivity index is 1.72. The highest BCUT2D eigenvalue weighted by Crippen LogP contribution is 2.37. The van der Waals surface area contributed by atoms with E-state index in [4.69, 9.17) is 27.9 Å². The Morgan fingerprint density at radius 1 is 1.13 bits per heavy atom. The van der Waals surface area contributed by atoms with Gasteiger partial charge in [-0.2, -0.15) is 12.7 Å². The van der Waals surface area contributed by atoms with Gasteiger partial charge in [-0.15, -0.1) is 0 Å². The minimum Gasteiger partial charge on any atom is -0.462 e. The van der Waals surface area contributed by atoms with Crippen LogP contribution in [0.15, 0.2) is 36.4 Å². The molecule has 2 amide bonds. The van der Waals surface area contributed by atoms with Crippen molar-refractivity contribution in [1.29, 1.82) is 0 Å². The molecule has 3 aromatic rings. The first-order chi connectivity index (χ1) is 18.4. The molecule has 0 atom stereocenters. The lowest BCUT2D eigenvalue weighted by Crippen LogP contribution is -2.56. The molecule has 1 aromatic heterocycles. The van der Waals surface area contributed by atoms with Crippen LogP contribution in [-0.4, -0.2) is 55.2 Å². The van der Waals surface area contributed by atoms with E-state index in [-0.39, 0.29) is 38.2 Å². The number of hydrogen-bond donors (Lipinski definition) is 3. The molecule has 1 aliphatic rings. The zero-order valence-electron chi connectivity index (χ0n) is 21.6. The van der Waals surface area contributed by atoms with Crippen molar-refractivity contribution in [3.05, 3.63) is 68.8 Å². The van der Waals surface area contributed by atoms with Crippen LogP contribution in [0.2, 0.25) is 10.0 Å². The minimum absolute atomic E-state index is 0.0135. The average molecular weight is 596 g/mol. The molecule has 0 bridgehead atoms. The summed E-state index contributed by atoms with van der Waals surface area (Å²) in [6.07, 6.45) is 0.353. The zero-order valence-corrected chi connectivity index (χ0v) is 23.9. The van der Waals surface area contributed by atoms with Crippen molar-refractivity contribution in [1.82, 2.24) is 19.3 Å². The summed E-state index contributed by atoms with van der Waals surface area (Å²) in [4.78, 5) is 40.7. The Bertz CT molecular complexity index is 1560. The number of nitrogens with one attached hydrogen (secondary N) is 3. The summed E-state index contributed by atoms with van der Waals surface area (Å²) < 4.78 is 33.5. The number of ether oxygens (including phenoxy) is 1. The molecule has 39 heavy (non-hydrogen) atoms. The Labute approximate surface area is 236 Å². The molecule has 0 unspecified atom stereocenters. The van der Waals surface area contributed by atoms with E-state index in [0.717, 1.165) is 11.2 Å². The largest absolute Gasteiger partial charge is 0.462 e. The van der Waals surface area contributed by atoms with Crippen LogP contribution in [0.5, 0.6) is 0 Å². The molecule has 0 radical (unpaired) electrons. The molecule has 0 aliphatic carbocycles. The maximum absolute atomic E-state index is 13.7. The van der Waals surface area contributed by atoms with Gasteiger partial charge in [-0.1, -0.05) is 35.3 Å². The van der Waals surface area contributed by atoms with Crippen LogP contribution in [0.25, 0.3) is 10.9 Å². The summed E-state index contributed by atoms with van der Waals surface area (Å²) in [5.74, 6) is -1.64. The molecule has 0 spiro atoms. The second-order valence-corrected chi connectivity index (χ2v) is 11.8. The van der Waals surface area contributed by atoms with E-state index < -0.39 is 33.5 Å². The maximum Gasteiger partial charge on any atom is 0.338 e. The van der Waals surface area contributed by atoms with Crippen molar-refractivity contribution in [3.8, 4) is 0 Å². The van der Waals surface area contributed by atoms with Gasteiger partial charge in [0.2, 0.25) is 5.91 Å². The van der Waals surface area contributed by atoms with Crippen LogP contribution in [-0.2, 0) is 25.3 Å². The average Bonchev–Trinajstić information content (AvgIpc) is 3.23. The molecular weight excluding hydrogens is 567 g/mol. The highest BCUT2D eigenvalue weighted by molar-refractivity contribution is 7.87. The number of carbonyl (C=O) groups is 3. The summed E-state index contributed by atoms with van der Waals surface area (Å²) in [5, 5.41) is 4.42. The number of aryl methyl sites for hydroxylation is 1. The number of halogens is 2. The Kier molecular flexibility index (Phi) is 8.27. The van der Waals surface area contributed by atoms with Crippen molar-refractivity contribution < 1.29 is 27.5 Å². The van der Waals surface area contributed by atoms with Crippen LogP contribution in [0.1, 0.15) is 58.7 Å². The molecular formula is C26H28Cl2N4O6S. The Morgan fingerprint density at radius 3 is 2.46 bits per heavy atom. The molecule has 4 rings (SSSR count). The number of hydrogen-bond acceptors (Lipinski definition) is 6. The van der Waals surface area contributed by atoms with Gasteiger partial charge in [0.15, 0.2) is 0 Å². The van der Waals surface area contributed by atoms with Gasteiger partial charge in [0.25, 0.3) is 5.91 Å². The highest BCUT2D eigenvalue weighted by Gasteiger charge is 2.41. The molecule has 1 aliphatic heterocycles. The quantitative estimate of drug-likeness (QED) is 0.353. The molecule has 1 fully saturated rings. The number of piperidine rings is 1. The molecule has 10 nitrogen and oxygen atoms in total. The number of amides is 2. The second-order valence-electron chi connectivity index (χ2n) is 9.31. The number of H-pyrrole nitrogens is 1. The topological polar surface area (TPSA) is 138 Å². The minimum atomic E-state index is -4.04. The number of nitrogens with zero attached hydrogens (tertiary/aromatic N) is 1. The van der Waals surface area contributed by atoms with Gasteiger partial charge in [0.1, 0.15) is 5.69 Å². The molecule has 2 aromatic carbocycles. The lowest BCUT2D eigenvalue weighted by Gasteiger charge is -2.42. The first-order valence-electron chi connectivity index (χ1n) is 12.2. The van der Waals surface area contributed by atoms with Crippen LogP contribution >= 0.6 is 23.2 Å². The normalized spacial score (nSPS) is 15.6. The SMILES string of the molecule is CCOC(=O)c1cccc(C2(NC(=O)c3[nH]c4ccc(Cl)c(Cl)c4c3C)CCN(S(=O)(=O)NC(C)=O)CC2)c1. The molecule has 1 saturated heterocycles. The summed E-state index contributed by atoms with van der Waals surface area (Å²) in [5.41, 5.74) is 1.42. The van der Waals surface area contributed by atoms with E-state index >= 15 is 0 Å². The molecule has 0 saturated carbocycles. The van der Waals surface area contributed by atoms with E-state index in [2.05, 4.69) is 10.3 Å². The third-order valence-corrected chi connectivity index (χ3v) is 9.19. The maximum atomic E-state index is 13.7. The first-order valence-corrected chi connectivity index (χ1v) is 14.4. The van der Waals surface area contributed by atoms with Crippen molar-refractivity contribution in [2.75, 3.05) is 19.7 Å². The number of aromatic amines is 1. The standard InChI is InChI=1S/C26H28Cl2N4O6S/c1-4-38-25(35)17-6-5-7-18(14-17)26(10-12-32(13-11-26)39(36,37)31-16(3)33)30-24(34)23-15(2)21-20(29-23)9-8-19(27)22(21)28/h5-9,14,29H,4,10-13H2,1-3H3,(H,30,34)(H,31,33). The fourth-order valence-corrected chi connectivity index (χ4v) is 6.50. The third kappa shape index (κ3) is 5.76. The van der Waals surface area contributed by atoms with Gasteiger partial charge in [-0.25, -0.2) is 9.52 Å². The fraction of sp³-hybridized carbons (Fsp3) is 0.346. The van der Waals surface area contributed by atoms with Gasteiger partial charge in [0, 0.05) is 30.9 Å². The van der Waals surface area contributed by atoms with Crippen LogP contribution in [0, 0.1) is 6.92 Å². The van der Waals surface area contributed by atoms with Crippen molar-refractivity contribution in [2.45, 2.75) is 39.2 Å². The van der Waals surface area contributed by atoms with Crippen molar-refractivity contribution in [3.63, 3.8) is 0 Å². The van der Waals surface area contributed by atoms with Crippen LogP contribution < -0.4 is 10.0 Å². The van der Waals surface area contributed by atoms with Gasteiger partial charge in [0.05, 0.1) is 27.8 Å². The molecule has 2 heterocycles. The first kappa shape index (κ1) is 28.9. The van der Waals surface area contributed by atoms with Crippen molar-refractivity contribution >= 4 is 62.1 Å². The third-order valence-electron chi connectivity index (χ3n) is 6.80. The lowest BCUT2D eigenvalue weighted by atomic mass is 9.80. The lowest BCUT2D eigenvalue weighted by molar-refractivity contribution is -0.117. The Hall–Kier alpha value is -3.12. The van der Waals surface area contributed by atoms with Gasteiger partial charge in [-0.3, -0.25) is 9.59 Å². The monoisotopic (exact) mass is 594 g/mol. The van der Waals surface area contributed by atoms with E-state index in [1.165, 1.54) is 0 Å². The smallest absolute Gasteiger partial charge is 0.338 e. The summed E-state index contributed by atoms with van der Waals surface area (Å²) in [7, 11) is -4.04. The number of fused-ring (bicyclic) bond motifs is 1. The van der Waals surface area contributed by atoms with E-state index in [0.29, 0.717) is 37.6 Å². The van der Waals surface area contributed by atoms with E-state index in [9.17, 15) is 22.8 Å². The van der Waals surface area contributed by atoms with Gasteiger partial charge >= 0.3 is 16.2 Å². The van der Waals surface area contributed by atoms with Gasteiger partial charge in [-0.05, 0) is 62.1 Å². The van der Waals surface area contributed by atoms with Crippen molar-refractivity contribution in [2.24, 2.45) is 0 Å². The zero-order chi connectivity index (χ0) is 28.5. The predicted octanol–water partition coefficient (Wildman–Crippen LogP) is 4.06. The number of esters is 1. The van der Waals surface area contributed by atoms with E-state index in [1.54, 1.807) is 50.2 Å². The number of aromatic nitrogens is 1. The number of carbonyl (C=O) groups excluding carboxylic acids is 3. The van der Waals surface area contributed by atoms with E-state index in [1.807, 2.05) is 4.72 Å². The summed E-state index contributed by atoms with van der Waals surface area (Å²) in [6, 6.07) is 10.1. The highest BCUT2D eigenvalue weighted by atomic mass is 35.5. The molecule has 3 N–H and O–H groups in total. The number of benzene rings is 2. The van der Waals surface area contributed by atoms with Crippen LogP contribution in [0.3, 0.4) is 0 Å². The second kappa shape index (κ2) is 11.2. The van der Waals surface area contributed by atoms with Gasteiger partial charge < -0.3 is 15.0 Å². The molecule has 208 valence electrons. The fourth-order valence-electron chi connectivity index (χ4n) is 4.88. The molecule has 13 heteroatoms. The Morgan fingerprint density at radius 2 is 1.82 bits per heavy atom. The summed E-state index contributed by atoms with van der Waals surface area (Å²) in [6.45, 7) is 4.81.